The van der Waals surface area contributed by atoms with Gasteiger partial charge < -0.3 is 56.1 Å². The number of hydrogen-bond donors (Lipinski definition) is 10. The molecule has 11 heteroatoms. The lowest BCUT2D eigenvalue weighted by atomic mass is 9.72. The molecular weight excluding hydrogens is 1160 g/mol. The summed E-state index contributed by atoms with van der Waals surface area (Å²) in [6.07, 6.45) is 25.6. The zero-order valence-electron chi connectivity index (χ0n) is 62.7. The summed E-state index contributed by atoms with van der Waals surface area (Å²) in [4.78, 5) is 4.10. The molecule has 0 bridgehead atoms. The molecule has 7 rings (SSSR count). The molecule has 5 aliphatic carbocycles. The Labute approximate surface area is 610 Å². The van der Waals surface area contributed by atoms with Crippen molar-refractivity contribution in [3.8, 4) is 0 Å². The van der Waals surface area contributed by atoms with E-state index in [1.54, 1.807) is 0 Å². The van der Waals surface area contributed by atoms with Gasteiger partial charge in [-0.15, -0.1) is 0 Å². The lowest BCUT2D eigenvalue weighted by molar-refractivity contribution is 0.182. The maximum atomic E-state index is 5.93. The van der Waals surface area contributed by atoms with E-state index < -0.39 is 0 Å². The summed E-state index contributed by atoms with van der Waals surface area (Å²) < 4.78 is 0. The third kappa shape index (κ3) is 87.1. The van der Waals surface area contributed by atoms with Crippen molar-refractivity contribution in [2.45, 2.75) is 421 Å². The molecule has 0 unspecified atom stereocenters. The highest BCUT2D eigenvalue weighted by Gasteiger charge is 2.51. The molecule has 7 fully saturated rings. The van der Waals surface area contributed by atoms with Crippen LogP contribution in [0.2, 0.25) is 0 Å². The van der Waals surface area contributed by atoms with Crippen LogP contribution in [0.25, 0.3) is 0 Å². The molecule has 0 aromatic heterocycles. The summed E-state index contributed by atoms with van der Waals surface area (Å²) in [6, 6.07) is 1.59. The van der Waals surface area contributed by atoms with Gasteiger partial charge in [-0.25, -0.2) is 0 Å². The van der Waals surface area contributed by atoms with Gasteiger partial charge in [-0.2, -0.15) is 0 Å². The lowest BCUT2D eigenvalue weighted by Crippen LogP contribution is -2.43. The summed E-state index contributed by atoms with van der Waals surface area (Å²) in [5, 5.41) is 9.72. The van der Waals surface area contributed by atoms with Gasteiger partial charge in [0.05, 0.1) is 0 Å². The van der Waals surface area contributed by atoms with E-state index in [-0.39, 0.29) is 93.2 Å². The predicted molar refractivity (Wildman–Crippen MR) is 457 cm³/mol. The van der Waals surface area contributed by atoms with Crippen LogP contribution in [0.1, 0.15) is 397 Å². The molecule has 0 amide bonds. The van der Waals surface area contributed by atoms with Crippen molar-refractivity contribution in [1.29, 1.82) is 0 Å². The first-order chi connectivity index (χ1) is 38.1. The average molecular weight is 1370 g/mol. The second-order valence-corrected chi connectivity index (χ2v) is 35.4. The SMILES string of the molecule is C.C.C.C.C.C.C.C.C.C.C.CC.CC.CC(C)(C)C1(CN=C(N)N)CC1.CC(C)(C)CC1(N)CC1.CC(C)(C)CC1CC(N)C1.CC(C)(C)CC1CNC1.CC(C)(C)CCC1CNC1.CC(C)(C)CCCN.CC1CC(N)C1.CNCCCC(C)(C)C.C[C@@H]1CC[C@H](N)C1. The van der Waals surface area contributed by atoms with E-state index in [4.69, 9.17) is 40.1 Å². The second kappa shape index (κ2) is 63.8. The lowest BCUT2D eigenvalue weighted by Gasteiger charge is -2.36. The second-order valence-electron chi connectivity index (χ2n) is 35.4. The van der Waals surface area contributed by atoms with Crippen molar-refractivity contribution in [2.75, 3.05) is 52.9 Å². The number of guanidine groups is 1. The summed E-state index contributed by atoms with van der Waals surface area (Å²) in [7, 11) is 2.00. The Balaban J connectivity index is -0.0000000573. The monoisotopic (exact) mass is 1370 g/mol. The highest BCUT2D eigenvalue weighted by molar-refractivity contribution is 5.75. The van der Waals surface area contributed by atoms with Crippen LogP contribution in [0.3, 0.4) is 0 Å². The van der Waals surface area contributed by atoms with Crippen molar-refractivity contribution in [2.24, 2.45) is 118 Å². The van der Waals surface area contributed by atoms with Crippen LogP contribution in [-0.2, 0) is 0 Å². The smallest absolute Gasteiger partial charge is 0.185 e. The molecule has 2 aliphatic heterocycles. The van der Waals surface area contributed by atoms with Crippen molar-refractivity contribution >= 4 is 5.96 Å². The normalized spacial score (nSPS) is 20.8. The Bertz CT molecular complexity index is 1510. The Morgan fingerprint density at radius 2 is 0.811 bits per heavy atom. The summed E-state index contributed by atoms with van der Waals surface area (Å²) in [5.41, 5.74) is 42.6. The first kappa shape index (κ1) is 130. The standard InChI is InChI=1S/C9H19N3.2C9H19N.2C8H17N.C8H19N.C7H17N.C6H13N.C5H11N.2C2H6.11CH4/c1-8(2,3)9(4-5-9)6-12-7(10)11;1-9(2,3)6-7-4-8(10)5-7;1-9(2,3)5-4-8-6-10-7-8;1-8(2,3)4-7-5-9-6-7;1-7(2,3)6-8(9)4-5-8;1-8(2,3)6-5-7-9-4;1-7(2,3)5-4-6-8;1-5-2-3-6(7)4-5;1-4-2-5(6)3-4;2*1-2;;;;;;;;;;;/h4-6H2,1-3H3,(H4,10,11,12);7-8H,4-6,10H2,1-3H3;8,10H,4-7H2,1-3H3;7,9H,4-6H2,1-3H3;4-6,9H2,1-3H3;9H,5-7H2,1-4H3;4-6,8H2,1-3H3;5-6H,2-4,7H2,1H3;4-5H,2-3,6H2,1H3;2*1-2H3;11*1H4/t;;;;;;;5-,6+;;;;;;;;;;;;;;/m.......1............../s1. The van der Waals surface area contributed by atoms with Crippen LogP contribution in [0, 0.1) is 72.9 Å². The van der Waals surface area contributed by atoms with Crippen LogP contribution >= 0.6 is 0 Å². The Morgan fingerprint density at radius 3 is 0.979 bits per heavy atom. The number of nitrogens with two attached hydrogens (primary N) is 7. The van der Waals surface area contributed by atoms with Crippen LogP contribution in [0.15, 0.2) is 4.99 Å². The number of rotatable bonds is 12. The summed E-state index contributed by atoms with van der Waals surface area (Å²) >= 11 is 0. The molecule has 0 spiro atoms. The fourth-order valence-corrected chi connectivity index (χ4v) is 10.9. The molecule has 95 heavy (non-hydrogen) atoms. The van der Waals surface area contributed by atoms with E-state index in [9.17, 15) is 0 Å². The third-order valence-electron chi connectivity index (χ3n) is 16.5. The van der Waals surface area contributed by atoms with Gasteiger partial charge in [-0.05, 0) is 248 Å². The van der Waals surface area contributed by atoms with Crippen molar-refractivity contribution in [3.63, 3.8) is 0 Å². The maximum Gasteiger partial charge on any atom is 0.185 e. The minimum absolute atomic E-state index is 0. The Morgan fingerprint density at radius 1 is 0.453 bits per heavy atom. The third-order valence-corrected chi connectivity index (χ3v) is 16.5. The molecule has 2 saturated heterocycles. The van der Waals surface area contributed by atoms with Crippen molar-refractivity contribution in [3.05, 3.63) is 0 Å². The molecule has 11 nitrogen and oxygen atoms in total. The van der Waals surface area contributed by atoms with Crippen LogP contribution in [0.5, 0.6) is 0 Å². The van der Waals surface area contributed by atoms with E-state index in [1.807, 2.05) is 34.7 Å². The molecule has 2 heterocycles. The molecule has 7 aliphatic rings. The topological polar surface area (TPSA) is 231 Å². The predicted octanol–water partition coefficient (Wildman–Crippen LogP) is 23.6. The molecular formula is C84H207N11. The van der Waals surface area contributed by atoms with Gasteiger partial charge in [0.15, 0.2) is 5.96 Å². The quantitative estimate of drug-likeness (QED) is 0.0505. The van der Waals surface area contributed by atoms with Crippen molar-refractivity contribution < 1.29 is 0 Å². The van der Waals surface area contributed by atoms with Gasteiger partial charge in [0.1, 0.15) is 0 Å². The molecule has 0 radical (unpaired) electrons. The summed E-state index contributed by atoms with van der Waals surface area (Å²) in [5.74, 6) is 4.90. The molecule has 0 aromatic carbocycles. The van der Waals surface area contributed by atoms with Gasteiger partial charge in [-0.1, -0.05) is 269 Å². The van der Waals surface area contributed by atoms with Crippen LogP contribution < -0.4 is 56.1 Å². The minimum Gasteiger partial charge on any atom is -0.370 e. The molecule has 598 valence electrons. The number of aliphatic imine (C=N–C) groups is 1. The number of nitrogens with one attached hydrogen (secondary N) is 3. The van der Waals surface area contributed by atoms with E-state index in [2.05, 4.69) is 180 Å². The van der Waals surface area contributed by atoms with Gasteiger partial charge in [0.2, 0.25) is 0 Å². The first-order valence-electron chi connectivity index (χ1n) is 35.0. The van der Waals surface area contributed by atoms with E-state index >= 15 is 0 Å². The molecule has 17 N–H and O–H groups in total. The fourth-order valence-electron chi connectivity index (χ4n) is 10.9. The van der Waals surface area contributed by atoms with E-state index in [1.165, 1.54) is 148 Å². The zero-order chi connectivity index (χ0) is 66.6. The van der Waals surface area contributed by atoms with Crippen LogP contribution in [0.4, 0.5) is 0 Å². The first-order valence-corrected chi connectivity index (χ1v) is 35.0. The highest BCUT2D eigenvalue weighted by atomic mass is 15.0. The molecule has 0 aromatic rings. The zero-order valence-corrected chi connectivity index (χ0v) is 62.7. The minimum atomic E-state index is 0. The van der Waals surface area contributed by atoms with Gasteiger partial charge in [0, 0.05) is 30.2 Å². The fraction of sp³-hybridized carbons (Fsp3) is 0.988. The Kier molecular flexibility index (Phi) is 87.5. The average Bonchev–Trinajstić information content (AvgIpc) is 4.23. The summed E-state index contributed by atoms with van der Waals surface area (Å²) in [6.45, 7) is 68.2. The number of hydrogen-bond acceptors (Lipinski definition) is 9. The van der Waals surface area contributed by atoms with Gasteiger partial charge >= 0.3 is 0 Å². The maximum absolute atomic E-state index is 5.93. The molecule has 5 saturated carbocycles. The van der Waals surface area contributed by atoms with E-state index in [0.29, 0.717) is 61.4 Å². The van der Waals surface area contributed by atoms with Gasteiger partial charge in [-0.3, -0.25) is 4.99 Å². The van der Waals surface area contributed by atoms with Crippen LogP contribution in [-0.4, -0.2) is 82.5 Å². The highest BCUT2D eigenvalue weighted by Crippen LogP contribution is 2.58. The van der Waals surface area contributed by atoms with Gasteiger partial charge in [0.25, 0.3) is 0 Å². The van der Waals surface area contributed by atoms with E-state index in [0.717, 1.165) is 55.6 Å². The number of nitrogens with zero attached hydrogens (tertiary/aromatic N) is 1. The van der Waals surface area contributed by atoms with Crippen molar-refractivity contribution in [1.82, 2.24) is 16.0 Å². The largest absolute Gasteiger partial charge is 0.370 e. The Hall–Kier alpha value is -1.05. The molecule has 2 atom stereocenters.